The monoisotopic (exact) mass is 302 g/mol. The Hall–Kier alpha value is -1.81. The second-order valence-electron chi connectivity index (χ2n) is 5.73. The third-order valence-electron chi connectivity index (χ3n) is 3.37. The zero-order valence-corrected chi connectivity index (χ0v) is 13.8. The molecule has 3 nitrogen and oxygen atoms in total. The van der Waals surface area contributed by atoms with E-state index >= 15 is 0 Å². The molecule has 0 amide bonds. The largest absolute Gasteiger partial charge is 0.397 e. The summed E-state index contributed by atoms with van der Waals surface area (Å²) in [5.41, 5.74) is 9.09. The van der Waals surface area contributed by atoms with E-state index < -0.39 is 0 Å². The molecule has 1 aromatic carbocycles. The van der Waals surface area contributed by atoms with E-state index in [-0.39, 0.29) is 11.7 Å². The van der Waals surface area contributed by atoms with Crippen LogP contribution in [0.15, 0.2) is 30.3 Å². The van der Waals surface area contributed by atoms with E-state index in [1.165, 1.54) is 22.5 Å². The number of hydrogen-bond donors (Lipinski definition) is 1. The summed E-state index contributed by atoms with van der Waals surface area (Å²) >= 11 is 1.48. The van der Waals surface area contributed by atoms with Gasteiger partial charge >= 0.3 is 0 Å². The summed E-state index contributed by atoms with van der Waals surface area (Å²) in [4.78, 5) is 14.9. The zero-order chi connectivity index (χ0) is 15.6. The Morgan fingerprint density at radius 2 is 2.05 bits per heavy atom. The minimum absolute atomic E-state index is 0.0270. The number of nitrogen functional groups attached to an aromatic ring is 1. The number of Topliss-reactive ketones (excluding diaryl/α,β-unsaturated/α-hetero) is 1. The summed E-state index contributed by atoms with van der Waals surface area (Å²) in [5.74, 6) is 0.0913. The molecule has 4 heteroatoms. The predicted octanol–water partition coefficient (Wildman–Crippen LogP) is 4.11. The number of nitrogens with zero attached hydrogens (tertiary/aromatic N) is 1. The summed E-state index contributed by atoms with van der Waals surface area (Å²) in [5, 5.41) is 1.03. The molecule has 0 unspecified atom stereocenters. The molecule has 2 N–H and O–H groups in total. The lowest BCUT2D eigenvalue weighted by atomic mass is 10.1. The van der Waals surface area contributed by atoms with Crippen molar-refractivity contribution in [3.8, 4) is 0 Å². The Balaban J connectivity index is 2.18. The molecule has 0 aliphatic heterocycles. The number of nitrogens with two attached hydrogens (primary N) is 1. The standard InChI is InChI=1S/C17H22N2OS/c1-11(2)16(20)17-14(18)9-15(21-17)19(4)10-13-7-5-6-12(3)8-13/h5-9,11H,10,18H2,1-4H3. The van der Waals surface area contributed by atoms with Gasteiger partial charge in [-0.15, -0.1) is 11.3 Å². The lowest BCUT2D eigenvalue weighted by Gasteiger charge is -2.17. The average Bonchev–Trinajstić information content (AvgIpc) is 2.80. The van der Waals surface area contributed by atoms with Crippen molar-refractivity contribution in [1.29, 1.82) is 0 Å². The van der Waals surface area contributed by atoms with Gasteiger partial charge in [0.2, 0.25) is 0 Å². The highest BCUT2D eigenvalue weighted by Crippen LogP contribution is 2.33. The molecule has 0 saturated carbocycles. The van der Waals surface area contributed by atoms with Crippen LogP contribution < -0.4 is 10.6 Å². The highest BCUT2D eigenvalue weighted by molar-refractivity contribution is 7.18. The fourth-order valence-electron chi connectivity index (χ4n) is 2.20. The average molecular weight is 302 g/mol. The quantitative estimate of drug-likeness (QED) is 0.845. The Bertz CT molecular complexity index is 646. The Morgan fingerprint density at radius 1 is 1.33 bits per heavy atom. The molecular weight excluding hydrogens is 280 g/mol. The van der Waals surface area contributed by atoms with E-state index in [4.69, 9.17) is 5.73 Å². The van der Waals surface area contributed by atoms with Crippen LogP contribution in [-0.2, 0) is 6.54 Å². The number of carbonyl (C=O) groups excluding carboxylic acids is 1. The van der Waals surface area contributed by atoms with Gasteiger partial charge in [-0.3, -0.25) is 4.79 Å². The first-order valence-electron chi connectivity index (χ1n) is 7.08. The maximum absolute atomic E-state index is 12.1. The van der Waals surface area contributed by atoms with E-state index in [1.807, 2.05) is 27.0 Å². The fraction of sp³-hybridized carbons (Fsp3) is 0.353. The van der Waals surface area contributed by atoms with E-state index in [2.05, 4.69) is 36.1 Å². The molecule has 112 valence electrons. The van der Waals surface area contributed by atoms with Gasteiger partial charge in [0.1, 0.15) is 0 Å². The number of ketones is 1. The van der Waals surface area contributed by atoms with Gasteiger partial charge in [0, 0.05) is 19.5 Å². The summed E-state index contributed by atoms with van der Waals surface area (Å²) in [6, 6.07) is 10.3. The lowest BCUT2D eigenvalue weighted by Crippen LogP contribution is -2.15. The number of aryl methyl sites for hydroxylation is 1. The summed E-state index contributed by atoms with van der Waals surface area (Å²) in [7, 11) is 2.03. The third kappa shape index (κ3) is 3.64. The van der Waals surface area contributed by atoms with Crippen LogP contribution in [0, 0.1) is 12.8 Å². The predicted molar refractivity (Wildman–Crippen MR) is 91.2 cm³/mol. The summed E-state index contributed by atoms with van der Waals surface area (Å²) in [6.07, 6.45) is 0. The first-order valence-corrected chi connectivity index (χ1v) is 7.90. The Labute approximate surface area is 130 Å². The van der Waals surface area contributed by atoms with Gasteiger partial charge < -0.3 is 10.6 Å². The second-order valence-corrected chi connectivity index (χ2v) is 6.76. The van der Waals surface area contributed by atoms with Crippen molar-refractivity contribution < 1.29 is 4.79 Å². The molecule has 0 saturated heterocycles. The van der Waals surface area contributed by atoms with Crippen LogP contribution in [0.4, 0.5) is 10.7 Å². The maximum Gasteiger partial charge on any atom is 0.177 e. The smallest absolute Gasteiger partial charge is 0.177 e. The maximum atomic E-state index is 12.1. The minimum Gasteiger partial charge on any atom is -0.397 e. The molecule has 0 fully saturated rings. The van der Waals surface area contributed by atoms with Gasteiger partial charge in [-0.05, 0) is 18.6 Å². The van der Waals surface area contributed by atoms with Gasteiger partial charge in [0.05, 0.1) is 15.6 Å². The Kier molecular flexibility index (Phi) is 4.68. The van der Waals surface area contributed by atoms with E-state index in [0.717, 1.165) is 11.5 Å². The SMILES string of the molecule is Cc1cccc(CN(C)c2cc(N)c(C(=O)C(C)C)s2)c1. The van der Waals surface area contributed by atoms with Crippen molar-refractivity contribution in [2.45, 2.75) is 27.3 Å². The number of thiophene rings is 1. The van der Waals surface area contributed by atoms with Crippen LogP contribution in [-0.4, -0.2) is 12.8 Å². The van der Waals surface area contributed by atoms with Crippen LogP contribution in [0.25, 0.3) is 0 Å². The van der Waals surface area contributed by atoms with E-state index in [9.17, 15) is 4.79 Å². The van der Waals surface area contributed by atoms with Crippen molar-refractivity contribution in [2.24, 2.45) is 5.92 Å². The van der Waals surface area contributed by atoms with Gasteiger partial charge in [0.15, 0.2) is 5.78 Å². The summed E-state index contributed by atoms with van der Waals surface area (Å²) in [6.45, 7) is 6.69. The Morgan fingerprint density at radius 3 is 2.67 bits per heavy atom. The molecule has 0 bridgehead atoms. The third-order valence-corrected chi connectivity index (χ3v) is 4.65. The van der Waals surface area contributed by atoms with Gasteiger partial charge in [-0.25, -0.2) is 0 Å². The van der Waals surface area contributed by atoms with Crippen LogP contribution >= 0.6 is 11.3 Å². The molecule has 1 heterocycles. The minimum atomic E-state index is -0.0270. The van der Waals surface area contributed by atoms with E-state index in [1.54, 1.807) is 0 Å². The summed E-state index contributed by atoms with van der Waals surface area (Å²) < 4.78 is 0. The first kappa shape index (κ1) is 15.6. The van der Waals surface area contributed by atoms with Gasteiger partial charge in [0.25, 0.3) is 0 Å². The van der Waals surface area contributed by atoms with Crippen molar-refractivity contribution in [2.75, 3.05) is 17.7 Å². The number of rotatable bonds is 5. The number of hydrogen-bond acceptors (Lipinski definition) is 4. The lowest BCUT2D eigenvalue weighted by molar-refractivity contribution is 0.0944. The van der Waals surface area contributed by atoms with Crippen molar-refractivity contribution >= 4 is 27.8 Å². The number of carbonyl (C=O) groups is 1. The molecule has 2 aromatic rings. The van der Waals surface area contributed by atoms with Gasteiger partial charge in [-0.2, -0.15) is 0 Å². The number of anilines is 2. The highest BCUT2D eigenvalue weighted by Gasteiger charge is 2.18. The van der Waals surface area contributed by atoms with Crippen molar-refractivity contribution in [3.63, 3.8) is 0 Å². The fourth-order valence-corrected chi connectivity index (χ4v) is 3.33. The van der Waals surface area contributed by atoms with Crippen LogP contribution in [0.1, 0.15) is 34.6 Å². The molecule has 0 spiro atoms. The number of benzene rings is 1. The first-order chi connectivity index (χ1) is 9.88. The van der Waals surface area contributed by atoms with Crippen LogP contribution in [0.3, 0.4) is 0 Å². The van der Waals surface area contributed by atoms with Crippen LogP contribution in [0.5, 0.6) is 0 Å². The molecule has 0 atom stereocenters. The molecule has 21 heavy (non-hydrogen) atoms. The highest BCUT2D eigenvalue weighted by atomic mass is 32.1. The molecule has 0 aliphatic rings. The van der Waals surface area contributed by atoms with Crippen LogP contribution in [0.2, 0.25) is 0 Å². The van der Waals surface area contributed by atoms with Gasteiger partial charge in [-0.1, -0.05) is 43.7 Å². The normalized spacial score (nSPS) is 10.9. The molecular formula is C17H22N2OS. The zero-order valence-electron chi connectivity index (χ0n) is 13.0. The van der Waals surface area contributed by atoms with E-state index in [0.29, 0.717) is 10.6 Å². The van der Waals surface area contributed by atoms with Crippen molar-refractivity contribution in [3.05, 3.63) is 46.3 Å². The molecule has 2 rings (SSSR count). The topological polar surface area (TPSA) is 46.3 Å². The second kappa shape index (κ2) is 6.31. The van der Waals surface area contributed by atoms with Crippen molar-refractivity contribution in [1.82, 2.24) is 0 Å². The molecule has 1 aromatic heterocycles. The molecule has 0 radical (unpaired) electrons. The molecule has 0 aliphatic carbocycles.